The van der Waals surface area contributed by atoms with Crippen LogP contribution in [-0.4, -0.2) is 29.9 Å². The van der Waals surface area contributed by atoms with Crippen molar-refractivity contribution in [2.24, 2.45) is 5.73 Å². The molecule has 0 amide bonds. The zero-order valence-electron chi connectivity index (χ0n) is 13.7. The highest BCUT2D eigenvalue weighted by atomic mass is 35.5. The molecule has 0 radical (unpaired) electrons. The monoisotopic (exact) mass is 342 g/mol. The highest BCUT2D eigenvalue weighted by Gasteiger charge is 2.41. The molecule has 2 aliphatic rings. The van der Waals surface area contributed by atoms with E-state index in [2.05, 4.69) is 6.07 Å². The fourth-order valence-electron chi connectivity index (χ4n) is 3.54. The maximum atomic E-state index is 12.7. The van der Waals surface area contributed by atoms with Gasteiger partial charge < -0.3 is 5.73 Å². The van der Waals surface area contributed by atoms with E-state index in [1.807, 2.05) is 37.3 Å². The molecule has 124 valence electrons. The fourth-order valence-corrected chi connectivity index (χ4v) is 3.79. The Balaban J connectivity index is 2.30. The standard InChI is InChI=1S/C18H19ClN4O/c1-22(2)23-14-8-5-9-15(24)17(14)16(12(10-20)18(23)21)11-6-3-4-7-13(11)19/h3-4,6-7,16H,5,8-9,21H2,1-2H3/t16-/m0/s1. The molecule has 1 aromatic carbocycles. The van der Waals surface area contributed by atoms with Gasteiger partial charge in [0.25, 0.3) is 0 Å². The molecule has 24 heavy (non-hydrogen) atoms. The topological polar surface area (TPSA) is 73.4 Å². The number of carbonyl (C=O) groups excluding carboxylic acids is 1. The number of nitriles is 1. The number of allylic oxidation sites excluding steroid dienone is 3. The summed E-state index contributed by atoms with van der Waals surface area (Å²) in [6, 6.07) is 9.53. The lowest BCUT2D eigenvalue weighted by Crippen LogP contribution is -2.45. The smallest absolute Gasteiger partial charge is 0.161 e. The summed E-state index contributed by atoms with van der Waals surface area (Å²) in [6.45, 7) is 0. The molecule has 0 saturated carbocycles. The molecule has 6 heteroatoms. The summed E-state index contributed by atoms with van der Waals surface area (Å²) in [7, 11) is 3.70. The fraction of sp³-hybridized carbons (Fsp3) is 0.333. The van der Waals surface area contributed by atoms with Gasteiger partial charge in [-0.1, -0.05) is 29.8 Å². The molecular formula is C18H19ClN4O. The van der Waals surface area contributed by atoms with Crippen molar-refractivity contribution in [3.05, 3.63) is 57.5 Å². The molecule has 1 atom stereocenters. The lowest BCUT2D eigenvalue weighted by atomic mass is 9.76. The average Bonchev–Trinajstić information content (AvgIpc) is 2.54. The van der Waals surface area contributed by atoms with Crippen LogP contribution in [0.3, 0.4) is 0 Å². The van der Waals surface area contributed by atoms with E-state index in [0.717, 1.165) is 24.1 Å². The first kappa shape index (κ1) is 16.6. The van der Waals surface area contributed by atoms with Crippen LogP contribution < -0.4 is 5.73 Å². The number of Topliss-reactive ketones (excluding diaryl/α,β-unsaturated/α-hetero) is 1. The van der Waals surface area contributed by atoms with E-state index in [4.69, 9.17) is 17.3 Å². The summed E-state index contributed by atoms with van der Waals surface area (Å²) < 4.78 is 0. The summed E-state index contributed by atoms with van der Waals surface area (Å²) in [4.78, 5) is 12.7. The summed E-state index contributed by atoms with van der Waals surface area (Å²) >= 11 is 6.37. The Morgan fingerprint density at radius 2 is 2.04 bits per heavy atom. The van der Waals surface area contributed by atoms with Gasteiger partial charge in [-0.05, 0) is 24.5 Å². The number of rotatable bonds is 2. The van der Waals surface area contributed by atoms with Crippen molar-refractivity contribution in [1.29, 1.82) is 5.26 Å². The predicted molar refractivity (Wildman–Crippen MR) is 92.4 cm³/mol. The van der Waals surface area contributed by atoms with Crippen LogP contribution in [0.15, 0.2) is 46.9 Å². The van der Waals surface area contributed by atoms with Gasteiger partial charge >= 0.3 is 0 Å². The Morgan fingerprint density at radius 3 is 2.67 bits per heavy atom. The number of hydrogen-bond acceptors (Lipinski definition) is 5. The van der Waals surface area contributed by atoms with Crippen molar-refractivity contribution in [3.63, 3.8) is 0 Å². The number of hydrazine groups is 1. The van der Waals surface area contributed by atoms with Crippen molar-refractivity contribution in [1.82, 2.24) is 10.0 Å². The van der Waals surface area contributed by atoms with E-state index in [1.165, 1.54) is 0 Å². The molecule has 0 spiro atoms. The third kappa shape index (κ3) is 2.48. The second-order valence-corrected chi connectivity index (χ2v) is 6.57. The minimum Gasteiger partial charge on any atom is -0.383 e. The van der Waals surface area contributed by atoms with Gasteiger partial charge in [0.1, 0.15) is 5.82 Å². The molecule has 0 saturated heterocycles. The summed E-state index contributed by atoms with van der Waals surface area (Å²) in [5.41, 5.74) is 8.95. The second-order valence-electron chi connectivity index (χ2n) is 6.16. The van der Waals surface area contributed by atoms with Crippen molar-refractivity contribution in [3.8, 4) is 6.07 Å². The van der Waals surface area contributed by atoms with Gasteiger partial charge in [-0.25, -0.2) is 5.01 Å². The molecule has 5 nitrogen and oxygen atoms in total. The predicted octanol–water partition coefficient (Wildman–Crippen LogP) is 2.92. The number of carbonyl (C=O) groups is 1. The van der Waals surface area contributed by atoms with E-state index in [9.17, 15) is 10.1 Å². The number of ketones is 1. The molecular weight excluding hydrogens is 324 g/mol. The third-order valence-corrected chi connectivity index (χ3v) is 4.85. The summed E-state index contributed by atoms with van der Waals surface area (Å²) in [5.74, 6) is -0.0724. The molecule has 3 rings (SSSR count). The first-order valence-electron chi connectivity index (χ1n) is 7.85. The molecule has 0 fully saturated rings. The molecule has 1 heterocycles. The minimum absolute atomic E-state index is 0.0632. The molecule has 0 aromatic heterocycles. The number of halogens is 1. The Labute approximate surface area is 146 Å². The average molecular weight is 343 g/mol. The van der Waals surface area contributed by atoms with Gasteiger partial charge in [0.05, 0.1) is 17.6 Å². The maximum absolute atomic E-state index is 12.7. The lowest BCUT2D eigenvalue weighted by molar-refractivity contribution is -0.116. The molecule has 2 N–H and O–H groups in total. The van der Waals surface area contributed by atoms with Gasteiger partial charge in [-0.15, -0.1) is 0 Å². The molecule has 1 aromatic rings. The number of benzene rings is 1. The zero-order chi connectivity index (χ0) is 17.4. The van der Waals surface area contributed by atoms with Gasteiger partial charge in [0.15, 0.2) is 5.78 Å². The van der Waals surface area contributed by atoms with E-state index in [-0.39, 0.29) is 5.78 Å². The van der Waals surface area contributed by atoms with Crippen molar-refractivity contribution < 1.29 is 4.79 Å². The SMILES string of the molecule is CN(C)N1C(N)=C(C#N)[C@H](c2ccccc2Cl)C2=C1CCCC2=O. The van der Waals surface area contributed by atoms with Gasteiger partial charge in [0.2, 0.25) is 0 Å². The molecule has 0 bridgehead atoms. The van der Waals surface area contributed by atoms with Crippen LogP contribution in [0.4, 0.5) is 0 Å². The quantitative estimate of drug-likeness (QED) is 0.894. The molecule has 0 unspecified atom stereocenters. The van der Waals surface area contributed by atoms with E-state index < -0.39 is 5.92 Å². The highest BCUT2D eigenvalue weighted by Crippen LogP contribution is 2.46. The van der Waals surface area contributed by atoms with Gasteiger partial charge in [-0.3, -0.25) is 9.80 Å². The van der Waals surface area contributed by atoms with E-state index in [1.54, 1.807) is 11.1 Å². The molecule has 1 aliphatic carbocycles. The first-order chi connectivity index (χ1) is 11.5. The third-order valence-electron chi connectivity index (χ3n) is 4.50. The Kier molecular flexibility index (Phi) is 4.35. The van der Waals surface area contributed by atoms with E-state index in [0.29, 0.717) is 28.4 Å². The Morgan fingerprint density at radius 1 is 1.33 bits per heavy atom. The normalized spacial score (nSPS) is 21.2. The van der Waals surface area contributed by atoms with Gasteiger partial charge in [-0.2, -0.15) is 5.26 Å². The maximum Gasteiger partial charge on any atom is 0.161 e. The second kappa shape index (κ2) is 6.31. The van der Waals surface area contributed by atoms with Crippen molar-refractivity contribution >= 4 is 17.4 Å². The van der Waals surface area contributed by atoms with Crippen molar-refractivity contribution in [2.45, 2.75) is 25.2 Å². The number of hydrogen-bond donors (Lipinski definition) is 1. The van der Waals surface area contributed by atoms with Crippen LogP contribution in [0, 0.1) is 11.3 Å². The van der Waals surface area contributed by atoms with Gasteiger partial charge in [0, 0.05) is 36.8 Å². The Hall–Kier alpha value is -2.29. The van der Waals surface area contributed by atoms with Crippen molar-refractivity contribution in [2.75, 3.05) is 14.1 Å². The van der Waals surface area contributed by atoms with E-state index >= 15 is 0 Å². The summed E-state index contributed by atoms with van der Waals surface area (Å²) in [6.07, 6.45) is 2.02. The Bertz CT molecular complexity index is 803. The van der Waals surface area contributed by atoms with Crippen LogP contribution in [0.5, 0.6) is 0 Å². The summed E-state index contributed by atoms with van der Waals surface area (Å²) in [5, 5.41) is 13.9. The van der Waals surface area contributed by atoms with Crippen LogP contribution in [0.2, 0.25) is 5.02 Å². The zero-order valence-corrected chi connectivity index (χ0v) is 14.5. The first-order valence-corrected chi connectivity index (χ1v) is 8.23. The van der Waals surface area contributed by atoms with Crippen LogP contribution in [-0.2, 0) is 4.79 Å². The number of nitrogens with zero attached hydrogens (tertiary/aromatic N) is 3. The van der Waals surface area contributed by atoms with Crippen LogP contribution in [0.25, 0.3) is 0 Å². The molecule has 1 aliphatic heterocycles. The van der Waals surface area contributed by atoms with Crippen LogP contribution >= 0.6 is 11.6 Å². The van der Waals surface area contributed by atoms with Crippen LogP contribution in [0.1, 0.15) is 30.7 Å². The largest absolute Gasteiger partial charge is 0.383 e. The minimum atomic E-state index is -0.498. The number of nitrogens with two attached hydrogens (primary N) is 1. The lowest BCUT2D eigenvalue weighted by Gasteiger charge is -2.42. The highest BCUT2D eigenvalue weighted by molar-refractivity contribution is 6.31.